The van der Waals surface area contributed by atoms with E-state index in [0.29, 0.717) is 35.7 Å². The van der Waals surface area contributed by atoms with Crippen molar-refractivity contribution in [3.8, 4) is 0 Å². The maximum Gasteiger partial charge on any atom is 0.356 e. The zero-order chi connectivity index (χ0) is 15.9. The highest BCUT2D eigenvalue weighted by Crippen LogP contribution is 2.25. The van der Waals surface area contributed by atoms with E-state index in [2.05, 4.69) is 5.10 Å². The summed E-state index contributed by atoms with van der Waals surface area (Å²) in [6, 6.07) is 6.90. The number of carbonyl (C=O) groups is 2. The van der Waals surface area contributed by atoms with Gasteiger partial charge in [0.05, 0.1) is 22.8 Å². The van der Waals surface area contributed by atoms with Crippen LogP contribution in [0.5, 0.6) is 0 Å². The van der Waals surface area contributed by atoms with Crippen LogP contribution < -0.4 is 0 Å². The Bertz CT molecular complexity index is 769. The molecule has 0 atom stereocenters. The van der Waals surface area contributed by atoms with Crippen molar-refractivity contribution in [1.82, 2.24) is 14.7 Å². The number of carboxylic acids is 1. The van der Waals surface area contributed by atoms with Crippen LogP contribution >= 0.6 is 11.6 Å². The molecule has 3 rings (SSSR count). The molecular weight excluding hydrogens is 306 g/mol. The molecule has 0 aliphatic carbocycles. The summed E-state index contributed by atoms with van der Waals surface area (Å²) in [5.41, 5.74) is 1.98. The molecule has 1 amide bonds. The van der Waals surface area contributed by atoms with Gasteiger partial charge >= 0.3 is 5.97 Å². The van der Waals surface area contributed by atoms with Crippen molar-refractivity contribution in [2.75, 3.05) is 6.54 Å². The molecule has 7 heteroatoms. The average Bonchev–Trinajstić information content (AvgIpc) is 2.84. The quantitative estimate of drug-likeness (QED) is 0.918. The van der Waals surface area contributed by atoms with Crippen LogP contribution in [-0.2, 0) is 20.0 Å². The molecule has 1 N–H and O–H groups in total. The SMILES string of the molecule is Cn1nc(C(=O)O)c2c1CN(C(=O)c1ccccc1Cl)CC2. The minimum atomic E-state index is -1.04. The van der Waals surface area contributed by atoms with E-state index in [9.17, 15) is 9.59 Å². The summed E-state index contributed by atoms with van der Waals surface area (Å²) in [7, 11) is 1.69. The summed E-state index contributed by atoms with van der Waals surface area (Å²) in [6.45, 7) is 0.777. The third-order valence-corrected chi connectivity index (χ3v) is 4.17. The van der Waals surface area contributed by atoms with Gasteiger partial charge in [-0.1, -0.05) is 23.7 Å². The van der Waals surface area contributed by atoms with Gasteiger partial charge in [0.2, 0.25) is 0 Å². The summed E-state index contributed by atoms with van der Waals surface area (Å²) < 4.78 is 1.53. The number of rotatable bonds is 2. The molecule has 0 radical (unpaired) electrons. The number of benzene rings is 1. The molecule has 1 aromatic heterocycles. The van der Waals surface area contributed by atoms with Crippen LogP contribution in [0.2, 0.25) is 5.02 Å². The van der Waals surface area contributed by atoms with E-state index in [1.807, 2.05) is 0 Å². The molecule has 1 aliphatic rings. The molecule has 0 saturated carbocycles. The maximum absolute atomic E-state index is 12.6. The van der Waals surface area contributed by atoms with Crippen molar-refractivity contribution in [1.29, 1.82) is 0 Å². The van der Waals surface area contributed by atoms with Crippen molar-refractivity contribution in [3.63, 3.8) is 0 Å². The monoisotopic (exact) mass is 319 g/mol. The smallest absolute Gasteiger partial charge is 0.356 e. The van der Waals surface area contributed by atoms with Gasteiger partial charge in [-0.15, -0.1) is 0 Å². The number of aromatic carboxylic acids is 1. The number of hydrogen-bond donors (Lipinski definition) is 1. The molecule has 0 unspecified atom stereocenters. The van der Waals surface area contributed by atoms with Crippen molar-refractivity contribution in [2.24, 2.45) is 7.05 Å². The molecule has 2 aromatic rings. The van der Waals surface area contributed by atoms with Crippen molar-refractivity contribution >= 4 is 23.5 Å². The number of aryl methyl sites for hydroxylation is 1. The number of amides is 1. The second-order valence-electron chi connectivity index (χ2n) is 5.16. The fraction of sp³-hybridized carbons (Fsp3) is 0.267. The minimum absolute atomic E-state index is 0.0716. The molecule has 2 heterocycles. The van der Waals surface area contributed by atoms with Gasteiger partial charge in [0.15, 0.2) is 5.69 Å². The standard InChI is InChI=1S/C15H14ClN3O3/c1-18-12-8-19(7-6-10(12)13(17-18)15(21)22)14(20)9-4-2-3-5-11(9)16/h2-5H,6-8H2,1H3,(H,21,22). The summed E-state index contributed by atoms with van der Waals surface area (Å²) in [4.78, 5) is 25.4. The molecule has 0 fully saturated rings. The summed E-state index contributed by atoms with van der Waals surface area (Å²) in [5.74, 6) is -1.20. The van der Waals surface area contributed by atoms with Crippen LogP contribution in [-0.4, -0.2) is 38.2 Å². The molecule has 1 aliphatic heterocycles. The molecule has 114 valence electrons. The Kier molecular flexibility index (Phi) is 3.62. The van der Waals surface area contributed by atoms with Gasteiger partial charge in [0.25, 0.3) is 5.91 Å². The number of aromatic nitrogens is 2. The lowest BCUT2D eigenvalue weighted by Gasteiger charge is -2.27. The molecule has 22 heavy (non-hydrogen) atoms. The zero-order valence-corrected chi connectivity index (χ0v) is 12.7. The third-order valence-electron chi connectivity index (χ3n) is 3.84. The highest BCUT2D eigenvalue weighted by Gasteiger charge is 2.29. The normalized spacial score (nSPS) is 13.8. The molecule has 1 aromatic carbocycles. The minimum Gasteiger partial charge on any atom is -0.476 e. The zero-order valence-electron chi connectivity index (χ0n) is 11.9. The molecular formula is C15H14ClN3O3. The fourth-order valence-electron chi connectivity index (χ4n) is 2.72. The van der Waals surface area contributed by atoms with Gasteiger partial charge in [-0.3, -0.25) is 9.48 Å². The Balaban J connectivity index is 1.91. The van der Waals surface area contributed by atoms with E-state index in [-0.39, 0.29) is 11.6 Å². The van der Waals surface area contributed by atoms with Crippen molar-refractivity contribution in [2.45, 2.75) is 13.0 Å². The Morgan fingerprint density at radius 2 is 2.05 bits per heavy atom. The van der Waals surface area contributed by atoms with Crippen LogP contribution in [0, 0.1) is 0 Å². The first-order chi connectivity index (χ1) is 10.5. The Hall–Kier alpha value is -2.34. The lowest BCUT2D eigenvalue weighted by Crippen LogP contribution is -2.36. The lowest BCUT2D eigenvalue weighted by atomic mass is 10.0. The molecule has 0 bridgehead atoms. The van der Waals surface area contributed by atoms with E-state index in [1.165, 1.54) is 4.68 Å². The number of nitrogens with zero attached hydrogens (tertiary/aromatic N) is 3. The molecule has 0 saturated heterocycles. The first-order valence-corrected chi connectivity index (χ1v) is 7.18. The van der Waals surface area contributed by atoms with Crippen LogP contribution in [0.4, 0.5) is 0 Å². The van der Waals surface area contributed by atoms with Crippen LogP contribution in [0.25, 0.3) is 0 Å². The van der Waals surface area contributed by atoms with Crippen molar-refractivity contribution in [3.05, 3.63) is 51.8 Å². The molecule has 6 nitrogen and oxygen atoms in total. The summed E-state index contributed by atoms with van der Waals surface area (Å²) in [6.07, 6.45) is 0.473. The van der Waals surface area contributed by atoms with E-state index in [4.69, 9.17) is 16.7 Å². The highest BCUT2D eigenvalue weighted by molar-refractivity contribution is 6.33. The second kappa shape index (κ2) is 5.46. The number of carbonyl (C=O) groups excluding carboxylic acids is 1. The Morgan fingerprint density at radius 1 is 1.32 bits per heavy atom. The molecule has 0 spiro atoms. The first-order valence-electron chi connectivity index (χ1n) is 6.81. The van der Waals surface area contributed by atoms with Crippen LogP contribution in [0.3, 0.4) is 0 Å². The highest BCUT2D eigenvalue weighted by atomic mass is 35.5. The van der Waals surface area contributed by atoms with Gasteiger partial charge in [-0.25, -0.2) is 4.79 Å². The van der Waals surface area contributed by atoms with Crippen LogP contribution in [0.1, 0.15) is 32.1 Å². The van der Waals surface area contributed by atoms with E-state index < -0.39 is 5.97 Å². The van der Waals surface area contributed by atoms with E-state index in [0.717, 1.165) is 5.69 Å². The van der Waals surface area contributed by atoms with Gasteiger partial charge in [-0.05, 0) is 18.6 Å². The fourth-order valence-corrected chi connectivity index (χ4v) is 2.94. The Morgan fingerprint density at radius 3 is 2.73 bits per heavy atom. The predicted octanol–water partition coefficient (Wildman–Crippen LogP) is 1.97. The van der Waals surface area contributed by atoms with Crippen LogP contribution in [0.15, 0.2) is 24.3 Å². The van der Waals surface area contributed by atoms with Crippen molar-refractivity contribution < 1.29 is 14.7 Å². The Labute approximate surface area is 131 Å². The largest absolute Gasteiger partial charge is 0.476 e. The lowest BCUT2D eigenvalue weighted by molar-refractivity contribution is 0.0688. The number of fused-ring (bicyclic) bond motifs is 1. The van der Waals surface area contributed by atoms with Gasteiger partial charge in [0, 0.05) is 19.2 Å². The summed E-state index contributed by atoms with van der Waals surface area (Å²) >= 11 is 6.07. The number of hydrogen-bond acceptors (Lipinski definition) is 3. The maximum atomic E-state index is 12.6. The first kappa shape index (κ1) is 14.6. The van der Waals surface area contributed by atoms with E-state index >= 15 is 0 Å². The topological polar surface area (TPSA) is 75.4 Å². The van der Waals surface area contributed by atoms with Gasteiger partial charge < -0.3 is 10.0 Å². The number of halogens is 1. The third kappa shape index (κ3) is 2.35. The van der Waals surface area contributed by atoms with Gasteiger partial charge in [0.1, 0.15) is 0 Å². The number of carboxylic acid groups (broad SMARTS) is 1. The van der Waals surface area contributed by atoms with E-state index in [1.54, 1.807) is 36.2 Å². The average molecular weight is 320 g/mol. The second-order valence-corrected chi connectivity index (χ2v) is 5.57. The predicted molar refractivity (Wildman–Crippen MR) is 80.1 cm³/mol. The summed E-state index contributed by atoms with van der Waals surface area (Å²) in [5, 5.41) is 13.6. The van der Waals surface area contributed by atoms with Gasteiger partial charge in [-0.2, -0.15) is 5.10 Å².